The Balaban J connectivity index is 1.65. The lowest BCUT2D eigenvalue weighted by Crippen LogP contribution is -2.54. The van der Waals surface area contributed by atoms with Crippen molar-refractivity contribution in [3.05, 3.63) is 0 Å². The van der Waals surface area contributed by atoms with Crippen molar-refractivity contribution in [1.29, 1.82) is 0 Å². The van der Waals surface area contributed by atoms with E-state index in [2.05, 4.69) is 17.1 Å². The van der Waals surface area contributed by atoms with Crippen LogP contribution in [0.1, 0.15) is 77.6 Å². The van der Waals surface area contributed by atoms with E-state index in [1.807, 2.05) is 0 Å². The number of nitrogens with one attached hydrogen (secondary N) is 1. The van der Waals surface area contributed by atoms with Gasteiger partial charge in [0, 0.05) is 18.1 Å². The standard InChI is InChI=1S/C18H34N2/c1-2-16-8-6-9-17(14-16)20-13-7-12-19-18(15-20)10-4-3-5-11-18/h16-17,19H,2-15H2,1H3. The Labute approximate surface area is 125 Å². The molecule has 0 aromatic heterocycles. The van der Waals surface area contributed by atoms with E-state index in [1.54, 1.807) is 0 Å². The van der Waals surface area contributed by atoms with Crippen molar-refractivity contribution in [2.45, 2.75) is 89.1 Å². The fourth-order valence-electron chi connectivity index (χ4n) is 5.00. The molecule has 20 heavy (non-hydrogen) atoms. The lowest BCUT2D eigenvalue weighted by atomic mass is 9.79. The quantitative estimate of drug-likeness (QED) is 0.822. The fourth-order valence-corrected chi connectivity index (χ4v) is 5.00. The Kier molecular flexibility index (Phi) is 5.04. The van der Waals surface area contributed by atoms with Gasteiger partial charge < -0.3 is 5.32 Å². The highest BCUT2D eigenvalue weighted by Gasteiger charge is 2.37. The molecule has 3 fully saturated rings. The Morgan fingerprint density at radius 1 is 1.05 bits per heavy atom. The van der Waals surface area contributed by atoms with Gasteiger partial charge in [0.15, 0.2) is 0 Å². The smallest absolute Gasteiger partial charge is 0.0308 e. The average Bonchev–Trinajstić information content (AvgIpc) is 2.71. The normalized spacial score (nSPS) is 35.9. The summed E-state index contributed by atoms with van der Waals surface area (Å²) in [5, 5.41) is 3.95. The van der Waals surface area contributed by atoms with Crippen LogP contribution >= 0.6 is 0 Å². The van der Waals surface area contributed by atoms with Crippen LogP contribution in [0.4, 0.5) is 0 Å². The van der Waals surface area contributed by atoms with Gasteiger partial charge in [-0.3, -0.25) is 4.90 Å². The van der Waals surface area contributed by atoms with E-state index in [9.17, 15) is 0 Å². The predicted molar refractivity (Wildman–Crippen MR) is 86.0 cm³/mol. The largest absolute Gasteiger partial charge is 0.310 e. The van der Waals surface area contributed by atoms with E-state index in [1.165, 1.54) is 90.3 Å². The van der Waals surface area contributed by atoms with Gasteiger partial charge in [-0.15, -0.1) is 0 Å². The van der Waals surface area contributed by atoms with Crippen molar-refractivity contribution in [3.63, 3.8) is 0 Å². The van der Waals surface area contributed by atoms with Crippen LogP contribution in [-0.4, -0.2) is 36.1 Å². The second-order valence-electron chi connectivity index (χ2n) is 7.69. The van der Waals surface area contributed by atoms with Crippen LogP contribution in [0.15, 0.2) is 0 Å². The monoisotopic (exact) mass is 278 g/mol. The van der Waals surface area contributed by atoms with Crippen LogP contribution in [0.3, 0.4) is 0 Å². The molecule has 0 radical (unpaired) electrons. The van der Waals surface area contributed by atoms with Gasteiger partial charge in [-0.25, -0.2) is 0 Å². The van der Waals surface area contributed by atoms with Crippen LogP contribution in [-0.2, 0) is 0 Å². The molecule has 1 spiro atoms. The second kappa shape index (κ2) is 6.79. The first-order valence-electron chi connectivity index (χ1n) is 9.30. The molecule has 0 aromatic rings. The summed E-state index contributed by atoms with van der Waals surface area (Å²) in [4.78, 5) is 2.90. The third-order valence-electron chi connectivity index (χ3n) is 6.29. The van der Waals surface area contributed by atoms with Crippen molar-refractivity contribution in [1.82, 2.24) is 10.2 Å². The van der Waals surface area contributed by atoms with Crippen molar-refractivity contribution in [3.8, 4) is 0 Å². The Bertz CT molecular complexity index is 296. The summed E-state index contributed by atoms with van der Waals surface area (Å²) in [6, 6.07) is 0.896. The summed E-state index contributed by atoms with van der Waals surface area (Å²) in [5.41, 5.74) is 0.480. The highest BCUT2D eigenvalue weighted by atomic mass is 15.2. The molecule has 2 aliphatic carbocycles. The van der Waals surface area contributed by atoms with Gasteiger partial charge in [-0.1, -0.05) is 45.4 Å². The third-order valence-corrected chi connectivity index (χ3v) is 6.29. The molecule has 0 amide bonds. The zero-order chi connectivity index (χ0) is 13.8. The number of hydrogen-bond donors (Lipinski definition) is 1. The minimum absolute atomic E-state index is 0.480. The summed E-state index contributed by atoms with van der Waals surface area (Å²) in [6.07, 6.45) is 15.9. The zero-order valence-corrected chi connectivity index (χ0v) is 13.5. The third kappa shape index (κ3) is 3.39. The van der Waals surface area contributed by atoms with Gasteiger partial charge in [-0.2, -0.15) is 0 Å². The van der Waals surface area contributed by atoms with Crippen LogP contribution in [0.5, 0.6) is 0 Å². The molecule has 2 saturated carbocycles. The predicted octanol–water partition coefficient (Wildman–Crippen LogP) is 3.95. The molecule has 1 N–H and O–H groups in total. The number of nitrogens with zero attached hydrogens (tertiary/aromatic N) is 1. The maximum atomic E-state index is 3.95. The van der Waals surface area contributed by atoms with Crippen LogP contribution in [0, 0.1) is 5.92 Å². The Morgan fingerprint density at radius 2 is 1.90 bits per heavy atom. The molecule has 2 unspecified atom stereocenters. The van der Waals surface area contributed by atoms with E-state index >= 15 is 0 Å². The molecule has 3 aliphatic rings. The van der Waals surface area contributed by atoms with Gasteiger partial charge in [0.2, 0.25) is 0 Å². The van der Waals surface area contributed by atoms with E-state index in [4.69, 9.17) is 0 Å². The van der Waals surface area contributed by atoms with Crippen molar-refractivity contribution in [2.24, 2.45) is 5.92 Å². The minimum atomic E-state index is 0.480. The van der Waals surface area contributed by atoms with Crippen LogP contribution in [0.25, 0.3) is 0 Å². The molecule has 2 heteroatoms. The maximum absolute atomic E-state index is 3.95. The molecule has 3 rings (SSSR count). The Morgan fingerprint density at radius 3 is 2.70 bits per heavy atom. The summed E-state index contributed by atoms with van der Waals surface area (Å²) in [6.45, 7) is 6.32. The summed E-state index contributed by atoms with van der Waals surface area (Å²) >= 11 is 0. The summed E-state index contributed by atoms with van der Waals surface area (Å²) < 4.78 is 0. The van der Waals surface area contributed by atoms with Crippen molar-refractivity contribution < 1.29 is 0 Å². The topological polar surface area (TPSA) is 15.3 Å². The first kappa shape index (κ1) is 14.8. The summed E-state index contributed by atoms with van der Waals surface area (Å²) in [5.74, 6) is 1.01. The lowest BCUT2D eigenvalue weighted by molar-refractivity contribution is 0.0905. The zero-order valence-electron chi connectivity index (χ0n) is 13.5. The lowest BCUT2D eigenvalue weighted by Gasteiger charge is -2.44. The molecule has 1 heterocycles. The molecule has 2 atom stereocenters. The van der Waals surface area contributed by atoms with Crippen molar-refractivity contribution in [2.75, 3.05) is 19.6 Å². The number of hydrogen-bond acceptors (Lipinski definition) is 2. The maximum Gasteiger partial charge on any atom is 0.0308 e. The molecule has 2 nitrogen and oxygen atoms in total. The SMILES string of the molecule is CCC1CCCC(N2CCCNC3(CCCCC3)C2)C1. The van der Waals surface area contributed by atoms with Gasteiger partial charge in [0.1, 0.15) is 0 Å². The molecule has 1 aliphatic heterocycles. The second-order valence-corrected chi connectivity index (χ2v) is 7.69. The summed E-state index contributed by atoms with van der Waals surface area (Å²) in [7, 11) is 0. The highest BCUT2D eigenvalue weighted by molar-refractivity contribution is 4.97. The average molecular weight is 278 g/mol. The van der Waals surface area contributed by atoms with Gasteiger partial charge in [-0.05, 0) is 51.1 Å². The van der Waals surface area contributed by atoms with Gasteiger partial charge >= 0.3 is 0 Å². The van der Waals surface area contributed by atoms with Gasteiger partial charge in [0.05, 0.1) is 0 Å². The minimum Gasteiger partial charge on any atom is -0.310 e. The van der Waals surface area contributed by atoms with E-state index in [0.29, 0.717) is 5.54 Å². The van der Waals surface area contributed by atoms with Crippen LogP contribution < -0.4 is 5.32 Å². The molecular weight excluding hydrogens is 244 g/mol. The first-order chi connectivity index (χ1) is 9.81. The molecule has 0 aromatic carbocycles. The van der Waals surface area contributed by atoms with E-state index < -0.39 is 0 Å². The fraction of sp³-hybridized carbons (Fsp3) is 1.00. The van der Waals surface area contributed by atoms with E-state index in [-0.39, 0.29) is 0 Å². The van der Waals surface area contributed by atoms with E-state index in [0.717, 1.165) is 12.0 Å². The van der Waals surface area contributed by atoms with Crippen molar-refractivity contribution >= 4 is 0 Å². The molecule has 1 saturated heterocycles. The Hall–Kier alpha value is -0.0800. The molecular formula is C18H34N2. The first-order valence-corrected chi connectivity index (χ1v) is 9.30. The molecule has 116 valence electrons. The van der Waals surface area contributed by atoms with Crippen LogP contribution in [0.2, 0.25) is 0 Å². The highest BCUT2D eigenvalue weighted by Crippen LogP contribution is 2.34. The van der Waals surface area contributed by atoms with Gasteiger partial charge in [0.25, 0.3) is 0 Å². The number of rotatable bonds is 2. The molecule has 0 bridgehead atoms.